The van der Waals surface area contributed by atoms with Gasteiger partial charge in [0.25, 0.3) is 15.9 Å². The Morgan fingerprint density at radius 3 is 2.24 bits per heavy atom. The highest BCUT2D eigenvalue weighted by Crippen LogP contribution is 2.38. The quantitative estimate of drug-likeness (QED) is 0.403. The first kappa shape index (κ1) is 22.3. The Labute approximate surface area is 186 Å². The SMILES string of the molecule is Nc1ccccc1S(=O)(=O)Nc1nc2ccccc2nc1OC(c1cccnc1)C(F)(F)F. The van der Waals surface area contributed by atoms with Gasteiger partial charge in [0.1, 0.15) is 4.90 Å². The molecule has 2 heterocycles. The van der Waals surface area contributed by atoms with Crippen molar-refractivity contribution in [3.8, 4) is 5.88 Å². The third-order valence-electron chi connectivity index (χ3n) is 4.49. The molecule has 0 bridgehead atoms. The van der Waals surface area contributed by atoms with Crippen molar-refractivity contribution in [3.05, 3.63) is 78.6 Å². The number of hydrogen-bond donors (Lipinski definition) is 2. The summed E-state index contributed by atoms with van der Waals surface area (Å²) in [6, 6.07) is 14.4. The summed E-state index contributed by atoms with van der Waals surface area (Å²) in [5.41, 5.74) is 5.87. The molecular weight excluding hydrogens is 459 g/mol. The fourth-order valence-electron chi connectivity index (χ4n) is 3.01. The van der Waals surface area contributed by atoms with Crippen LogP contribution in [0.25, 0.3) is 11.0 Å². The average molecular weight is 475 g/mol. The number of ether oxygens (including phenoxy) is 1. The maximum absolute atomic E-state index is 13.8. The highest BCUT2D eigenvalue weighted by molar-refractivity contribution is 7.92. The number of nitrogens with zero attached hydrogens (tertiary/aromatic N) is 3. The van der Waals surface area contributed by atoms with E-state index < -0.39 is 34.0 Å². The number of rotatable bonds is 6. The molecule has 0 saturated heterocycles. The molecule has 0 amide bonds. The van der Waals surface area contributed by atoms with Crippen LogP contribution in [0.2, 0.25) is 0 Å². The molecule has 0 saturated carbocycles. The number of nitrogen functional groups attached to an aromatic ring is 1. The molecule has 33 heavy (non-hydrogen) atoms. The van der Waals surface area contributed by atoms with E-state index in [1.165, 1.54) is 48.7 Å². The normalized spacial score (nSPS) is 12.9. The molecule has 0 aliphatic carbocycles. The lowest BCUT2D eigenvalue weighted by molar-refractivity contribution is -0.198. The van der Waals surface area contributed by atoms with Crippen LogP contribution in [-0.2, 0) is 10.0 Å². The number of fused-ring (bicyclic) bond motifs is 1. The molecule has 4 aromatic rings. The Kier molecular flexibility index (Phi) is 5.77. The Hall–Kier alpha value is -3.93. The Balaban J connectivity index is 1.82. The van der Waals surface area contributed by atoms with Crippen LogP contribution in [0.1, 0.15) is 11.7 Å². The van der Waals surface area contributed by atoms with Crippen LogP contribution in [0.3, 0.4) is 0 Å². The van der Waals surface area contributed by atoms with Crippen molar-refractivity contribution in [1.29, 1.82) is 0 Å². The van der Waals surface area contributed by atoms with Gasteiger partial charge < -0.3 is 10.5 Å². The zero-order chi connectivity index (χ0) is 23.6. The standard InChI is InChI=1S/C21H16F3N5O3S/c22-21(23,24)18(13-6-5-11-26-12-13)32-20-19(27-15-8-2-3-9-16(15)28-20)29-33(30,31)17-10-4-1-7-14(17)25/h1-12,18H,25H2,(H,27,29). The molecule has 0 radical (unpaired) electrons. The van der Waals surface area contributed by atoms with E-state index in [9.17, 15) is 21.6 Å². The minimum atomic E-state index is -4.85. The van der Waals surface area contributed by atoms with Crippen LogP contribution in [0.15, 0.2) is 78.0 Å². The summed E-state index contributed by atoms with van der Waals surface area (Å²) in [6.07, 6.45) is -5.00. The molecule has 1 unspecified atom stereocenters. The number of alkyl halides is 3. The van der Waals surface area contributed by atoms with Gasteiger partial charge in [-0.25, -0.2) is 18.4 Å². The Morgan fingerprint density at radius 1 is 0.939 bits per heavy atom. The fourth-order valence-corrected chi connectivity index (χ4v) is 4.14. The molecule has 2 aromatic carbocycles. The van der Waals surface area contributed by atoms with Crippen LogP contribution in [0.4, 0.5) is 24.7 Å². The lowest BCUT2D eigenvalue weighted by Crippen LogP contribution is -2.27. The third kappa shape index (κ3) is 4.80. The smallest absolute Gasteiger partial charge is 0.429 e. The van der Waals surface area contributed by atoms with Crippen LogP contribution < -0.4 is 15.2 Å². The van der Waals surface area contributed by atoms with Gasteiger partial charge >= 0.3 is 6.18 Å². The minimum Gasteiger partial charge on any atom is -0.457 e. The molecule has 0 spiro atoms. The topological polar surface area (TPSA) is 120 Å². The molecule has 0 aliphatic heterocycles. The van der Waals surface area contributed by atoms with Gasteiger partial charge in [0.2, 0.25) is 11.9 Å². The van der Waals surface area contributed by atoms with Gasteiger partial charge in [-0.1, -0.05) is 30.3 Å². The van der Waals surface area contributed by atoms with Gasteiger partial charge in [-0.3, -0.25) is 9.71 Å². The first-order valence-electron chi connectivity index (χ1n) is 9.42. The molecule has 8 nitrogen and oxygen atoms in total. The minimum absolute atomic E-state index is 0.0512. The second-order valence-corrected chi connectivity index (χ2v) is 8.49. The summed E-state index contributed by atoms with van der Waals surface area (Å²) in [6.45, 7) is 0. The summed E-state index contributed by atoms with van der Waals surface area (Å²) in [5.74, 6) is -1.17. The molecule has 4 rings (SSSR count). The summed E-state index contributed by atoms with van der Waals surface area (Å²) >= 11 is 0. The lowest BCUT2D eigenvalue weighted by Gasteiger charge is -2.22. The van der Waals surface area contributed by atoms with Crippen molar-refractivity contribution in [2.75, 3.05) is 10.5 Å². The molecule has 2 aromatic heterocycles. The van der Waals surface area contributed by atoms with E-state index in [0.29, 0.717) is 0 Å². The van der Waals surface area contributed by atoms with Crippen LogP contribution in [0.5, 0.6) is 5.88 Å². The number of halogens is 3. The first-order chi connectivity index (χ1) is 15.6. The van der Waals surface area contributed by atoms with Crippen molar-refractivity contribution in [2.24, 2.45) is 0 Å². The van der Waals surface area contributed by atoms with Gasteiger partial charge in [-0.15, -0.1) is 0 Å². The summed E-state index contributed by atoms with van der Waals surface area (Å²) in [5, 5.41) is 0. The van der Waals surface area contributed by atoms with Gasteiger partial charge in [0.05, 0.1) is 16.7 Å². The van der Waals surface area contributed by atoms with E-state index in [1.54, 1.807) is 18.2 Å². The van der Waals surface area contributed by atoms with Crippen molar-refractivity contribution >= 4 is 32.6 Å². The van der Waals surface area contributed by atoms with E-state index in [2.05, 4.69) is 19.7 Å². The van der Waals surface area contributed by atoms with E-state index in [0.717, 1.165) is 6.20 Å². The second kappa shape index (κ2) is 8.54. The maximum Gasteiger partial charge on any atom is 0.429 e. The number of hydrogen-bond acceptors (Lipinski definition) is 7. The Morgan fingerprint density at radius 2 is 1.61 bits per heavy atom. The fraction of sp³-hybridized carbons (Fsp3) is 0.0952. The lowest BCUT2D eigenvalue weighted by atomic mass is 10.1. The predicted octanol–water partition coefficient (Wildman–Crippen LogP) is 4.09. The molecule has 12 heteroatoms. The summed E-state index contributed by atoms with van der Waals surface area (Å²) in [7, 11) is -4.32. The number of benzene rings is 2. The Bertz CT molecular complexity index is 1400. The molecule has 0 aliphatic rings. The highest BCUT2D eigenvalue weighted by atomic mass is 32.2. The number of anilines is 2. The van der Waals surface area contributed by atoms with Crippen molar-refractivity contribution < 1.29 is 26.3 Å². The van der Waals surface area contributed by atoms with E-state index >= 15 is 0 Å². The molecule has 3 N–H and O–H groups in total. The number of pyridine rings is 1. The molecule has 170 valence electrons. The summed E-state index contributed by atoms with van der Waals surface area (Å²) in [4.78, 5) is 11.7. The largest absolute Gasteiger partial charge is 0.457 e. The number of nitrogens with one attached hydrogen (secondary N) is 1. The van der Waals surface area contributed by atoms with Crippen LogP contribution in [-0.4, -0.2) is 29.5 Å². The predicted molar refractivity (Wildman–Crippen MR) is 115 cm³/mol. The average Bonchev–Trinajstić information content (AvgIpc) is 2.77. The molecular formula is C21H16F3N5O3S. The highest BCUT2D eigenvalue weighted by Gasteiger charge is 2.44. The van der Waals surface area contributed by atoms with E-state index in [1.807, 2.05) is 0 Å². The molecule has 0 fully saturated rings. The first-order valence-corrected chi connectivity index (χ1v) is 10.9. The molecule has 1 atom stereocenters. The zero-order valence-corrected chi connectivity index (χ0v) is 17.5. The van der Waals surface area contributed by atoms with Crippen molar-refractivity contribution in [3.63, 3.8) is 0 Å². The number of para-hydroxylation sites is 3. The number of sulfonamides is 1. The maximum atomic E-state index is 13.8. The van der Waals surface area contributed by atoms with Gasteiger partial charge in [-0.2, -0.15) is 13.2 Å². The van der Waals surface area contributed by atoms with Crippen molar-refractivity contribution in [2.45, 2.75) is 17.2 Å². The van der Waals surface area contributed by atoms with Gasteiger partial charge in [0.15, 0.2) is 0 Å². The third-order valence-corrected chi connectivity index (χ3v) is 5.90. The zero-order valence-electron chi connectivity index (χ0n) is 16.7. The van der Waals surface area contributed by atoms with Gasteiger partial charge in [-0.05, 0) is 30.3 Å². The number of aromatic nitrogens is 3. The second-order valence-electron chi connectivity index (χ2n) is 6.84. The summed E-state index contributed by atoms with van der Waals surface area (Å²) < 4.78 is 74.7. The van der Waals surface area contributed by atoms with Crippen LogP contribution in [0, 0.1) is 0 Å². The van der Waals surface area contributed by atoms with Gasteiger partial charge in [0, 0.05) is 18.0 Å². The number of nitrogens with two attached hydrogens (primary N) is 1. The van der Waals surface area contributed by atoms with Crippen LogP contribution >= 0.6 is 0 Å². The monoisotopic (exact) mass is 475 g/mol. The van der Waals surface area contributed by atoms with E-state index in [-0.39, 0.29) is 27.2 Å². The van der Waals surface area contributed by atoms with E-state index in [4.69, 9.17) is 10.5 Å². The van der Waals surface area contributed by atoms with Crippen molar-refractivity contribution in [1.82, 2.24) is 15.0 Å².